The van der Waals surface area contributed by atoms with Crippen LogP contribution in [0.4, 0.5) is 0 Å². The number of nitrogens with zero attached hydrogens (tertiary/aromatic N) is 2. The molecule has 4 aromatic rings. The Morgan fingerprint density at radius 3 is 1.87 bits per heavy atom. The Morgan fingerprint density at radius 1 is 0.711 bits per heavy atom. The number of aromatic nitrogens is 2. The second kappa shape index (κ2) is 8.83. The molecule has 0 aliphatic heterocycles. The van der Waals surface area contributed by atoms with E-state index in [1.165, 1.54) is 88.5 Å². The first kappa shape index (κ1) is 24.2. The molecule has 4 bridgehead atoms. The first-order valence-corrected chi connectivity index (χ1v) is 14.9. The topological polar surface area (TPSA) is 8.81 Å². The molecule has 4 saturated carbocycles. The van der Waals surface area contributed by atoms with Crippen LogP contribution < -0.4 is 4.57 Å². The first-order valence-electron chi connectivity index (χ1n) is 14.9. The molecule has 4 aliphatic rings. The van der Waals surface area contributed by atoms with E-state index in [-0.39, 0.29) is 0 Å². The minimum atomic E-state index is 0.483. The maximum Gasteiger partial charge on any atom is 0.245 e. The summed E-state index contributed by atoms with van der Waals surface area (Å²) in [6, 6.07) is 18.7. The minimum absolute atomic E-state index is 0.483. The average molecular weight is 504 g/mol. The van der Waals surface area contributed by atoms with Gasteiger partial charge in [0.25, 0.3) is 0 Å². The van der Waals surface area contributed by atoms with E-state index in [2.05, 4.69) is 98.6 Å². The molecule has 2 heteroatoms. The van der Waals surface area contributed by atoms with Gasteiger partial charge >= 0.3 is 0 Å². The molecule has 0 spiro atoms. The number of hydrogen-bond acceptors (Lipinski definition) is 0. The first-order chi connectivity index (χ1) is 18.3. The molecule has 0 unspecified atom stereocenters. The van der Waals surface area contributed by atoms with E-state index in [9.17, 15) is 0 Å². The molecule has 4 aliphatic carbocycles. The summed E-state index contributed by atoms with van der Waals surface area (Å²) in [6.45, 7) is 13.3. The second-order valence-electron chi connectivity index (χ2n) is 13.4. The van der Waals surface area contributed by atoms with E-state index in [1.807, 2.05) is 0 Å². The molecule has 2 nitrogen and oxygen atoms in total. The van der Waals surface area contributed by atoms with E-state index in [0.29, 0.717) is 5.41 Å². The normalized spacial score (nSPS) is 26.0. The number of hydrogen-bond donors (Lipinski definition) is 0. The van der Waals surface area contributed by atoms with Gasteiger partial charge in [0.15, 0.2) is 11.0 Å². The molecular formula is C36H43N2+. The molecule has 3 aromatic carbocycles. The van der Waals surface area contributed by atoms with Crippen molar-refractivity contribution in [3.63, 3.8) is 0 Å². The van der Waals surface area contributed by atoms with Crippen molar-refractivity contribution >= 4 is 11.0 Å². The molecule has 4 fully saturated rings. The lowest BCUT2D eigenvalue weighted by Crippen LogP contribution is -2.48. The molecule has 0 saturated heterocycles. The van der Waals surface area contributed by atoms with E-state index in [1.54, 1.807) is 5.56 Å². The van der Waals surface area contributed by atoms with Crippen molar-refractivity contribution < 1.29 is 4.57 Å². The van der Waals surface area contributed by atoms with Gasteiger partial charge in [-0.2, -0.15) is 0 Å². The van der Waals surface area contributed by atoms with Crippen LogP contribution in [0.15, 0.2) is 54.9 Å². The van der Waals surface area contributed by atoms with Gasteiger partial charge in [0.2, 0.25) is 6.33 Å². The van der Waals surface area contributed by atoms with Crippen LogP contribution in [-0.4, -0.2) is 4.57 Å². The van der Waals surface area contributed by atoms with Gasteiger partial charge in [-0.15, -0.1) is 0 Å². The molecule has 196 valence electrons. The van der Waals surface area contributed by atoms with Gasteiger partial charge in [-0.1, -0.05) is 36.4 Å². The summed E-state index contributed by atoms with van der Waals surface area (Å²) in [5.41, 5.74) is 14.8. The molecule has 38 heavy (non-hydrogen) atoms. The van der Waals surface area contributed by atoms with Crippen molar-refractivity contribution in [2.45, 2.75) is 91.6 Å². The quantitative estimate of drug-likeness (QED) is 0.244. The molecule has 0 N–H and O–H groups in total. The van der Waals surface area contributed by atoms with Crippen LogP contribution in [0.25, 0.3) is 11.0 Å². The van der Waals surface area contributed by atoms with Crippen LogP contribution in [0.1, 0.15) is 83.0 Å². The average Bonchev–Trinajstić information content (AvgIpc) is 3.25. The fourth-order valence-electron chi connectivity index (χ4n) is 9.10. The Balaban J connectivity index is 1.19. The number of rotatable bonds is 5. The monoisotopic (exact) mass is 503 g/mol. The molecule has 0 amide bonds. The zero-order valence-corrected chi connectivity index (χ0v) is 24.0. The van der Waals surface area contributed by atoms with E-state index in [4.69, 9.17) is 0 Å². The fraction of sp³-hybridized carbons (Fsp3) is 0.472. The predicted molar refractivity (Wildman–Crippen MR) is 157 cm³/mol. The van der Waals surface area contributed by atoms with Gasteiger partial charge in [-0.3, -0.25) is 0 Å². The van der Waals surface area contributed by atoms with Gasteiger partial charge < -0.3 is 0 Å². The molecule has 1 aromatic heterocycles. The van der Waals surface area contributed by atoms with Crippen molar-refractivity contribution in [1.29, 1.82) is 0 Å². The summed E-state index contributed by atoms with van der Waals surface area (Å²) < 4.78 is 4.91. The van der Waals surface area contributed by atoms with Crippen molar-refractivity contribution in [3.05, 3.63) is 99.4 Å². The molecule has 0 radical (unpaired) electrons. The van der Waals surface area contributed by atoms with Crippen LogP contribution in [0.5, 0.6) is 0 Å². The van der Waals surface area contributed by atoms with Gasteiger partial charge in [-0.05, 0) is 153 Å². The van der Waals surface area contributed by atoms with Gasteiger partial charge in [0, 0.05) is 0 Å². The van der Waals surface area contributed by atoms with Crippen molar-refractivity contribution in [1.82, 2.24) is 4.57 Å². The zero-order valence-electron chi connectivity index (χ0n) is 24.0. The van der Waals surface area contributed by atoms with Crippen LogP contribution in [0.2, 0.25) is 0 Å². The predicted octanol–water partition coefficient (Wildman–Crippen LogP) is 8.04. The number of para-hydroxylation sites is 2. The summed E-state index contributed by atoms with van der Waals surface area (Å²) in [4.78, 5) is 0. The van der Waals surface area contributed by atoms with E-state index in [0.717, 1.165) is 30.8 Å². The lowest BCUT2D eigenvalue weighted by Gasteiger charge is -2.57. The van der Waals surface area contributed by atoms with Crippen LogP contribution in [-0.2, 0) is 18.5 Å². The lowest BCUT2D eigenvalue weighted by atomic mass is 9.48. The summed E-state index contributed by atoms with van der Waals surface area (Å²) in [5.74, 6) is 2.99. The van der Waals surface area contributed by atoms with Crippen LogP contribution in [0, 0.1) is 52.4 Å². The van der Waals surface area contributed by atoms with E-state index < -0.39 is 0 Å². The number of imidazole rings is 1. The molecule has 0 atom stereocenters. The highest BCUT2D eigenvalue weighted by Gasteiger charge is 2.51. The van der Waals surface area contributed by atoms with Crippen LogP contribution in [0.3, 0.4) is 0 Å². The molecular weight excluding hydrogens is 460 g/mol. The van der Waals surface area contributed by atoms with Crippen molar-refractivity contribution in [2.75, 3.05) is 0 Å². The maximum absolute atomic E-state index is 2.49. The third-order valence-corrected chi connectivity index (χ3v) is 11.2. The highest BCUT2D eigenvalue weighted by molar-refractivity contribution is 5.72. The summed E-state index contributed by atoms with van der Waals surface area (Å²) in [6.07, 6.45) is 11.2. The maximum atomic E-state index is 2.49. The zero-order chi connectivity index (χ0) is 26.2. The minimum Gasteiger partial charge on any atom is -0.226 e. The second-order valence-corrected chi connectivity index (χ2v) is 13.4. The third kappa shape index (κ3) is 3.78. The lowest BCUT2D eigenvalue weighted by molar-refractivity contribution is -0.663. The van der Waals surface area contributed by atoms with Crippen LogP contribution >= 0.6 is 0 Å². The Kier molecular flexibility index (Phi) is 5.62. The van der Waals surface area contributed by atoms with Crippen molar-refractivity contribution in [3.8, 4) is 0 Å². The number of fused-ring (bicyclic) bond motifs is 1. The molecule has 8 rings (SSSR count). The highest BCUT2D eigenvalue weighted by atomic mass is 15.1. The van der Waals surface area contributed by atoms with Gasteiger partial charge in [-0.25, -0.2) is 9.13 Å². The number of benzene rings is 3. The Labute approximate surface area is 228 Å². The van der Waals surface area contributed by atoms with Gasteiger partial charge in [0.1, 0.15) is 13.1 Å². The Hall–Kier alpha value is -2.87. The van der Waals surface area contributed by atoms with Gasteiger partial charge in [0.05, 0.1) is 0 Å². The van der Waals surface area contributed by atoms with E-state index >= 15 is 0 Å². The summed E-state index contributed by atoms with van der Waals surface area (Å²) >= 11 is 0. The molecule has 1 heterocycles. The smallest absolute Gasteiger partial charge is 0.226 e. The summed E-state index contributed by atoms with van der Waals surface area (Å²) in [5, 5.41) is 0. The standard InChI is InChI=1S/C36H43N2/c1-23-24(2)26(4)33(27(5)25(23)3)21-38-22-37(34-8-6-7-9-35(34)38)20-28-10-12-32(13-11-28)36-17-29-14-30(18-36)16-31(15-29)19-36/h6-13,22,29-31H,14-21H2,1-5H3/q+1. The largest absolute Gasteiger partial charge is 0.245 e. The Morgan fingerprint density at radius 2 is 1.26 bits per heavy atom. The highest BCUT2D eigenvalue weighted by Crippen LogP contribution is 2.60. The third-order valence-electron chi connectivity index (χ3n) is 11.2. The SMILES string of the molecule is Cc1c(C)c(C)c(Cn2c[n+](Cc3ccc(C45CC6CC(CC(C6)C4)C5)cc3)c3ccccc32)c(C)c1C. The fourth-order valence-corrected chi connectivity index (χ4v) is 9.10. The summed E-state index contributed by atoms with van der Waals surface area (Å²) in [7, 11) is 0. The van der Waals surface area contributed by atoms with Crippen molar-refractivity contribution in [2.24, 2.45) is 17.8 Å². The Bertz CT molecular complexity index is 1470.